The van der Waals surface area contributed by atoms with Crippen LogP contribution in [-0.2, 0) is 14.3 Å². The van der Waals surface area contributed by atoms with Crippen LogP contribution in [0.25, 0.3) is 0 Å². The van der Waals surface area contributed by atoms with Crippen molar-refractivity contribution in [2.75, 3.05) is 5.32 Å². The van der Waals surface area contributed by atoms with Crippen LogP contribution in [0.15, 0.2) is 42.5 Å². The molecule has 2 aromatic rings. The highest BCUT2D eigenvalue weighted by molar-refractivity contribution is 6.34. The molecule has 0 aliphatic heterocycles. The molecule has 0 spiro atoms. The molecule has 0 saturated carbocycles. The number of rotatable bonds is 7. The number of nitrogens with zero attached hydrogens (tertiary/aromatic N) is 1. The summed E-state index contributed by atoms with van der Waals surface area (Å²) in [6, 6.07) is 11.8. The summed E-state index contributed by atoms with van der Waals surface area (Å²) >= 11 is 6.32. The zero-order valence-electron chi connectivity index (χ0n) is 21.9. The van der Waals surface area contributed by atoms with Crippen LogP contribution in [0.3, 0.4) is 0 Å². The summed E-state index contributed by atoms with van der Waals surface area (Å²) in [6.07, 6.45) is 10.5. The van der Waals surface area contributed by atoms with Crippen LogP contribution in [0.4, 0.5) is 10.5 Å². The number of terminal acetylenes is 2. The Morgan fingerprint density at radius 1 is 1.05 bits per heavy atom. The number of ether oxygens (including phenoxy) is 1. The van der Waals surface area contributed by atoms with Crippen molar-refractivity contribution >= 4 is 35.2 Å². The standard InChI is InChI=1S/C29H32ClN3O4/c1-9-20-14-16-21(17-15-20)25(26(34)31-24-19(5)12-11-13-22(24)30)33(10-2)27(35)23(18(3)4)32-28(36)37-29(6,7)8/h1-2,11-18,23,25H,3-8H3,(H,31,34)(H,32,36). The number of hydrogen-bond acceptors (Lipinski definition) is 4. The van der Waals surface area contributed by atoms with Crippen molar-refractivity contribution in [3.8, 4) is 24.8 Å². The number of nitrogens with one attached hydrogen (secondary N) is 2. The number of hydrogen-bond donors (Lipinski definition) is 2. The lowest BCUT2D eigenvalue weighted by molar-refractivity contribution is -0.137. The third-order valence-electron chi connectivity index (χ3n) is 5.35. The molecule has 2 aromatic carbocycles. The lowest BCUT2D eigenvalue weighted by Crippen LogP contribution is -2.53. The zero-order chi connectivity index (χ0) is 27.9. The smallest absolute Gasteiger partial charge is 0.408 e. The number of carbonyl (C=O) groups is 3. The fourth-order valence-electron chi connectivity index (χ4n) is 3.52. The molecule has 0 bridgehead atoms. The highest BCUT2D eigenvalue weighted by Gasteiger charge is 2.37. The molecular weight excluding hydrogens is 490 g/mol. The Kier molecular flexibility index (Phi) is 9.77. The molecule has 3 amide bonds. The second-order valence-electron chi connectivity index (χ2n) is 9.80. The molecule has 0 aliphatic carbocycles. The lowest BCUT2D eigenvalue weighted by atomic mass is 9.98. The van der Waals surface area contributed by atoms with Crippen molar-refractivity contribution < 1.29 is 19.1 Å². The van der Waals surface area contributed by atoms with Gasteiger partial charge in [-0.25, -0.2) is 4.79 Å². The first-order chi connectivity index (χ1) is 17.3. The monoisotopic (exact) mass is 521 g/mol. The van der Waals surface area contributed by atoms with Crippen LogP contribution < -0.4 is 10.6 Å². The lowest BCUT2D eigenvalue weighted by Gasteiger charge is -2.32. The Bertz CT molecular complexity index is 1210. The highest BCUT2D eigenvalue weighted by atomic mass is 35.5. The van der Waals surface area contributed by atoms with E-state index < -0.39 is 35.6 Å². The van der Waals surface area contributed by atoms with Crippen molar-refractivity contribution in [1.82, 2.24) is 10.2 Å². The van der Waals surface area contributed by atoms with Gasteiger partial charge in [-0.3, -0.25) is 14.5 Å². The van der Waals surface area contributed by atoms with Gasteiger partial charge in [-0.05, 0) is 62.9 Å². The fraction of sp³-hybridized carbons (Fsp3) is 0.345. The number of halogens is 1. The maximum absolute atomic E-state index is 13.7. The predicted octanol–water partition coefficient (Wildman–Crippen LogP) is 5.28. The van der Waals surface area contributed by atoms with Gasteiger partial charge in [-0.1, -0.05) is 62.1 Å². The molecule has 0 fully saturated rings. The maximum atomic E-state index is 13.7. The van der Waals surface area contributed by atoms with Crippen molar-refractivity contribution in [1.29, 1.82) is 0 Å². The van der Waals surface area contributed by atoms with E-state index in [0.717, 1.165) is 10.5 Å². The van der Waals surface area contributed by atoms with Gasteiger partial charge in [0.05, 0.1) is 10.7 Å². The van der Waals surface area contributed by atoms with E-state index >= 15 is 0 Å². The van der Waals surface area contributed by atoms with Crippen LogP contribution in [0.2, 0.25) is 5.02 Å². The van der Waals surface area contributed by atoms with E-state index in [1.807, 2.05) is 0 Å². The van der Waals surface area contributed by atoms with Gasteiger partial charge in [-0.2, -0.15) is 0 Å². The zero-order valence-corrected chi connectivity index (χ0v) is 22.6. The number of carbonyl (C=O) groups excluding carboxylic acids is 3. The second-order valence-corrected chi connectivity index (χ2v) is 10.2. The van der Waals surface area contributed by atoms with Crippen LogP contribution in [0, 0.1) is 37.7 Å². The summed E-state index contributed by atoms with van der Waals surface area (Å²) in [5.74, 6) is 0.910. The third kappa shape index (κ3) is 7.77. The van der Waals surface area contributed by atoms with E-state index in [-0.39, 0.29) is 5.92 Å². The van der Waals surface area contributed by atoms with Crippen LogP contribution in [0.5, 0.6) is 0 Å². The topological polar surface area (TPSA) is 87.7 Å². The van der Waals surface area contributed by atoms with Crippen molar-refractivity contribution in [3.63, 3.8) is 0 Å². The number of aryl methyl sites for hydroxylation is 1. The Morgan fingerprint density at radius 3 is 2.16 bits per heavy atom. The largest absolute Gasteiger partial charge is 0.444 e. The Balaban J connectivity index is 2.51. The van der Waals surface area contributed by atoms with Gasteiger partial charge < -0.3 is 15.4 Å². The van der Waals surface area contributed by atoms with Crippen molar-refractivity contribution in [3.05, 3.63) is 64.2 Å². The Hall–Kier alpha value is -3.94. The molecule has 0 saturated heterocycles. The van der Waals surface area contributed by atoms with E-state index in [4.69, 9.17) is 29.2 Å². The van der Waals surface area contributed by atoms with E-state index in [0.29, 0.717) is 21.8 Å². The van der Waals surface area contributed by atoms with Crippen LogP contribution >= 0.6 is 11.6 Å². The van der Waals surface area contributed by atoms with Gasteiger partial charge in [0.15, 0.2) is 0 Å². The molecule has 2 atom stereocenters. The molecule has 194 valence electrons. The SMILES string of the molecule is C#Cc1ccc(C(C(=O)Nc2c(C)cccc2Cl)N(C#C)C(=O)C(NC(=O)OC(C)(C)C)C(C)C)cc1. The average Bonchev–Trinajstić information content (AvgIpc) is 2.81. The molecule has 0 radical (unpaired) electrons. The van der Waals surface area contributed by atoms with Gasteiger partial charge in [0, 0.05) is 11.6 Å². The summed E-state index contributed by atoms with van der Waals surface area (Å²) in [7, 11) is 0. The summed E-state index contributed by atoms with van der Waals surface area (Å²) in [6.45, 7) is 10.4. The average molecular weight is 522 g/mol. The molecule has 0 aromatic heterocycles. The molecule has 0 heterocycles. The van der Waals surface area contributed by atoms with Crippen LogP contribution in [0.1, 0.15) is 57.4 Å². The van der Waals surface area contributed by atoms with E-state index in [1.165, 1.54) is 0 Å². The number of benzene rings is 2. The summed E-state index contributed by atoms with van der Waals surface area (Å²) in [5.41, 5.74) is 1.38. The van der Waals surface area contributed by atoms with Crippen molar-refractivity contribution in [2.45, 2.75) is 59.2 Å². The predicted molar refractivity (Wildman–Crippen MR) is 146 cm³/mol. The number of anilines is 1. The quantitative estimate of drug-likeness (QED) is 0.383. The van der Waals surface area contributed by atoms with Gasteiger partial charge >= 0.3 is 6.09 Å². The molecule has 7 nitrogen and oxygen atoms in total. The van der Waals surface area contributed by atoms with Gasteiger partial charge in [-0.15, -0.1) is 6.42 Å². The number of para-hydroxylation sites is 1. The molecule has 2 N–H and O–H groups in total. The number of amides is 3. The number of alkyl carbamates (subject to hydrolysis) is 1. The second kappa shape index (κ2) is 12.3. The van der Waals surface area contributed by atoms with Gasteiger partial charge in [0.1, 0.15) is 17.7 Å². The first-order valence-corrected chi connectivity index (χ1v) is 12.1. The maximum Gasteiger partial charge on any atom is 0.408 e. The van der Waals surface area contributed by atoms with Gasteiger partial charge in [0.2, 0.25) is 0 Å². The minimum absolute atomic E-state index is 0.333. The first-order valence-electron chi connectivity index (χ1n) is 11.7. The summed E-state index contributed by atoms with van der Waals surface area (Å²) < 4.78 is 5.32. The molecule has 2 unspecified atom stereocenters. The van der Waals surface area contributed by atoms with Crippen LogP contribution in [-0.4, -0.2) is 34.5 Å². The Morgan fingerprint density at radius 2 is 1.68 bits per heavy atom. The van der Waals surface area contributed by atoms with E-state index in [2.05, 4.69) is 22.6 Å². The van der Waals surface area contributed by atoms with Gasteiger partial charge in [0.25, 0.3) is 11.8 Å². The molecule has 0 aliphatic rings. The van der Waals surface area contributed by atoms with E-state index in [9.17, 15) is 14.4 Å². The summed E-state index contributed by atoms with van der Waals surface area (Å²) in [4.78, 5) is 40.8. The minimum atomic E-state index is -1.25. The molecule has 2 rings (SSSR count). The van der Waals surface area contributed by atoms with Crippen molar-refractivity contribution in [2.24, 2.45) is 5.92 Å². The third-order valence-corrected chi connectivity index (χ3v) is 5.67. The fourth-order valence-corrected chi connectivity index (χ4v) is 3.79. The minimum Gasteiger partial charge on any atom is -0.444 e. The highest BCUT2D eigenvalue weighted by Crippen LogP contribution is 2.29. The molecule has 37 heavy (non-hydrogen) atoms. The first kappa shape index (κ1) is 29.3. The van der Waals surface area contributed by atoms with E-state index in [1.54, 1.807) is 84.0 Å². The molecular formula is C29H32ClN3O4. The normalized spacial score (nSPS) is 12.5. The Labute approximate surface area is 223 Å². The summed E-state index contributed by atoms with van der Waals surface area (Å²) in [5, 5.41) is 5.73. The molecule has 8 heteroatoms.